The van der Waals surface area contributed by atoms with Crippen LogP contribution in [0.25, 0.3) is 54.9 Å². The van der Waals surface area contributed by atoms with Crippen molar-refractivity contribution in [3.63, 3.8) is 0 Å². The summed E-state index contributed by atoms with van der Waals surface area (Å²) in [6.07, 6.45) is 0. The van der Waals surface area contributed by atoms with Gasteiger partial charge in [-0.1, -0.05) is 100 Å². The van der Waals surface area contributed by atoms with Crippen LogP contribution in [-0.4, -0.2) is 0 Å². The van der Waals surface area contributed by atoms with E-state index in [4.69, 9.17) is 0 Å². The van der Waals surface area contributed by atoms with Crippen molar-refractivity contribution in [2.24, 2.45) is 0 Å². The minimum absolute atomic E-state index is 0.457. The second kappa shape index (κ2) is 11.0. The first kappa shape index (κ1) is 28.3. The van der Waals surface area contributed by atoms with Crippen molar-refractivity contribution < 1.29 is 0 Å². The third kappa shape index (κ3) is 4.79. The van der Waals surface area contributed by atoms with E-state index in [-0.39, 0.29) is 0 Å². The normalized spacial score (nSPS) is 12.0. The largest absolute Gasteiger partial charge is 0.310 e. The van der Waals surface area contributed by atoms with Crippen LogP contribution < -0.4 is 4.90 Å². The maximum Gasteiger partial charge on any atom is 0.0493 e. The highest BCUT2D eigenvalue weighted by Gasteiger charge is 2.25. The van der Waals surface area contributed by atoms with Crippen LogP contribution in [0.3, 0.4) is 0 Å². The molecule has 0 aliphatic heterocycles. The molecule has 7 aromatic rings. The third-order valence-electron chi connectivity index (χ3n) is 9.82. The Kier molecular flexibility index (Phi) is 6.80. The first-order valence-corrected chi connectivity index (χ1v) is 16.6. The minimum atomic E-state index is 0.457. The van der Waals surface area contributed by atoms with E-state index in [1.165, 1.54) is 88.7 Å². The molecule has 0 spiro atoms. The van der Waals surface area contributed by atoms with Gasteiger partial charge in [-0.2, -0.15) is 0 Å². The molecule has 1 aliphatic rings. The molecule has 0 aromatic heterocycles. The average Bonchev–Trinajstić information content (AvgIpc) is 3.08. The van der Waals surface area contributed by atoms with Gasteiger partial charge in [0.1, 0.15) is 0 Å². The number of nitrogens with zero attached hydrogens (tertiary/aromatic N) is 1. The zero-order chi connectivity index (χ0) is 31.5. The number of hydrogen-bond donors (Lipinski definition) is 0. The highest BCUT2D eigenvalue weighted by Crippen LogP contribution is 2.51. The zero-order valence-corrected chi connectivity index (χ0v) is 27.3. The molecule has 0 N–H and O–H groups in total. The topological polar surface area (TPSA) is 3.24 Å². The van der Waals surface area contributed by atoms with Gasteiger partial charge < -0.3 is 4.90 Å². The predicted octanol–water partition coefficient (Wildman–Crippen LogP) is 13.3. The van der Waals surface area contributed by atoms with Crippen molar-refractivity contribution in [3.05, 3.63) is 150 Å². The number of fused-ring (bicyclic) bond motifs is 6. The van der Waals surface area contributed by atoms with Gasteiger partial charge in [-0.05, 0) is 151 Å². The molecule has 0 amide bonds. The SMILES string of the molecule is Cc1ccc(C(C)C)cc1N(c1cccc(C(C)C)c1)c1ccc2cc3c(cc2c1)-c1cc2cc(-c4ccccc4)ccc2cc1-3. The lowest BCUT2D eigenvalue weighted by Crippen LogP contribution is -2.12. The summed E-state index contributed by atoms with van der Waals surface area (Å²) in [5, 5.41) is 5.12. The molecule has 0 saturated heterocycles. The van der Waals surface area contributed by atoms with Crippen molar-refractivity contribution in [3.8, 4) is 33.4 Å². The van der Waals surface area contributed by atoms with Crippen LogP contribution in [0.5, 0.6) is 0 Å². The Hall–Kier alpha value is -5.14. The number of rotatable bonds is 6. The number of aryl methyl sites for hydroxylation is 1. The fraction of sp³-hybridized carbons (Fsp3) is 0.156. The Bertz CT molecular complexity index is 2270. The van der Waals surface area contributed by atoms with Gasteiger partial charge in [0, 0.05) is 17.1 Å². The lowest BCUT2D eigenvalue weighted by atomic mass is 9.77. The molecular formula is C45H39N. The van der Waals surface area contributed by atoms with Crippen molar-refractivity contribution in [1.29, 1.82) is 0 Å². The molecule has 0 heterocycles. The van der Waals surface area contributed by atoms with Crippen molar-refractivity contribution in [2.45, 2.75) is 46.5 Å². The van der Waals surface area contributed by atoms with Gasteiger partial charge in [-0.3, -0.25) is 0 Å². The highest BCUT2D eigenvalue weighted by atomic mass is 15.1. The van der Waals surface area contributed by atoms with Crippen LogP contribution in [0.1, 0.15) is 56.2 Å². The van der Waals surface area contributed by atoms with Crippen LogP contribution in [0.2, 0.25) is 0 Å². The molecule has 8 rings (SSSR count). The molecule has 46 heavy (non-hydrogen) atoms. The van der Waals surface area contributed by atoms with Gasteiger partial charge in [0.05, 0.1) is 0 Å². The smallest absolute Gasteiger partial charge is 0.0493 e. The first-order chi connectivity index (χ1) is 22.3. The van der Waals surface area contributed by atoms with Gasteiger partial charge in [0.15, 0.2) is 0 Å². The molecule has 1 nitrogen and oxygen atoms in total. The average molecular weight is 594 g/mol. The zero-order valence-electron chi connectivity index (χ0n) is 27.3. The molecule has 0 unspecified atom stereocenters. The summed E-state index contributed by atoms with van der Waals surface area (Å²) in [5.74, 6) is 0.916. The van der Waals surface area contributed by atoms with E-state index in [1.54, 1.807) is 0 Å². The molecule has 0 saturated carbocycles. The highest BCUT2D eigenvalue weighted by molar-refractivity contribution is 6.12. The summed E-state index contributed by atoms with van der Waals surface area (Å²) in [6.45, 7) is 11.3. The van der Waals surface area contributed by atoms with Gasteiger partial charge >= 0.3 is 0 Å². The Labute approximate surface area is 272 Å². The number of anilines is 3. The van der Waals surface area contributed by atoms with E-state index in [0.717, 1.165) is 0 Å². The van der Waals surface area contributed by atoms with Crippen molar-refractivity contribution in [1.82, 2.24) is 0 Å². The number of hydrogen-bond acceptors (Lipinski definition) is 1. The maximum absolute atomic E-state index is 2.46. The van der Waals surface area contributed by atoms with Crippen LogP contribution in [0.4, 0.5) is 17.1 Å². The van der Waals surface area contributed by atoms with Crippen LogP contribution in [-0.2, 0) is 0 Å². The third-order valence-corrected chi connectivity index (χ3v) is 9.82. The molecular weight excluding hydrogens is 555 g/mol. The molecule has 1 heteroatoms. The Morgan fingerprint density at radius 2 is 1.00 bits per heavy atom. The number of benzene rings is 7. The second-order valence-corrected chi connectivity index (χ2v) is 13.5. The van der Waals surface area contributed by atoms with Crippen molar-refractivity contribution in [2.75, 3.05) is 4.90 Å². The van der Waals surface area contributed by atoms with E-state index in [0.29, 0.717) is 11.8 Å². The standard InChI is InChI=1S/C45H39N/c1-28(2)32-12-9-13-39(21-32)46(45-27-33(29(3)4)15-14-30(45)5)40-19-18-36-24-42-41-23-35-17-16-34(31-10-7-6-8-11-31)20-37(35)25-43(41)44(42)26-38(36)22-40/h6-29H,1-5H3. The summed E-state index contributed by atoms with van der Waals surface area (Å²) in [4.78, 5) is 2.46. The Morgan fingerprint density at radius 1 is 0.413 bits per heavy atom. The summed E-state index contributed by atoms with van der Waals surface area (Å²) in [6, 6.07) is 50.0. The molecule has 0 atom stereocenters. The Morgan fingerprint density at radius 3 is 1.67 bits per heavy atom. The van der Waals surface area contributed by atoms with Gasteiger partial charge in [-0.25, -0.2) is 0 Å². The van der Waals surface area contributed by atoms with Crippen LogP contribution in [0, 0.1) is 6.92 Å². The van der Waals surface area contributed by atoms with E-state index >= 15 is 0 Å². The van der Waals surface area contributed by atoms with Crippen LogP contribution >= 0.6 is 0 Å². The van der Waals surface area contributed by atoms with Crippen molar-refractivity contribution >= 4 is 38.6 Å². The maximum atomic E-state index is 2.46. The van der Waals surface area contributed by atoms with E-state index in [9.17, 15) is 0 Å². The van der Waals surface area contributed by atoms with E-state index < -0.39 is 0 Å². The summed E-state index contributed by atoms with van der Waals surface area (Å²) >= 11 is 0. The van der Waals surface area contributed by atoms with E-state index in [1.807, 2.05) is 0 Å². The first-order valence-electron chi connectivity index (χ1n) is 16.6. The molecule has 7 aromatic carbocycles. The quantitative estimate of drug-likeness (QED) is 0.185. The Balaban J connectivity index is 1.25. The molecule has 0 radical (unpaired) electrons. The molecule has 0 bridgehead atoms. The van der Waals surface area contributed by atoms with E-state index in [2.05, 4.69) is 173 Å². The lowest BCUT2D eigenvalue weighted by Gasteiger charge is -2.30. The summed E-state index contributed by atoms with van der Waals surface area (Å²) < 4.78 is 0. The van der Waals surface area contributed by atoms with Gasteiger partial charge in [0.2, 0.25) is 0 Å². The summed E-state index contributed by atoms with van der Waals surface area (Å²) in [7, 11) is 0. The summed E-state index contributed by atoms with van der Waals surface area (Å²) in [5.41, 5.74) is 15.5. The molecule has 0 fully saturated rings. The van der Waals surface area contributed by atoms with Crippen LogP contribution in [0.15, 0.2) is 133 Å². The second-order valence-electron chi connectivity index (χ2n) is 13.5. The van der Waals surface area contributed by atoms with Gasteiger partial charge in [0.25, 0.3) is 0 Å². The monoisotopic (exact) mass is 593 g/mol. The van der Waals surface area contributed by atoms with Gasteiger partial charge in [-0.15, -0.1) is 0 Å². The lowest BCUT2D eigenvalue weighted by molar-refractivity contribution is 0.864. The predicted molar refractivity (Wildman–Crippen MR) is 199 cm³/mol. The molecule has 224 valence electrons. The molecule has 1 aliphatic carbocycles. The fourth-order valence-corrected chi connectivity index (χ4v) is 7.04. The fourth-order valence-electron chi connectivity index (χ4n) is 7.04. The minimum Gasteiger partial charge on any atom is -0.310 e.